The third-order valence-corrected chi connectivity index (χ3v) is 11.7. The molecule has 0 unspecified atom stereocenters. The van der Waals surface area contributed by atoms with Gasteiger partial charge in [-0.15, -0.1) is 0 Å². The van der Waals surface area contributed by atoms with E-state index in [2.05, 4.69) is 41.5 Å². The van der Waals surface area contributed by atoms with E-state index in [9.17, 15) is 29.7 Å². The van der Waals surface area contributed by atoms with Gasteiger partial charge in [0.05, 0.1) is 0 Å². The van der Waals surface area contributed by atoms with Crippen LogP contribution in [0.4, 0.5) is 0 Å². The summed E-state index contributed by atoms with van der Waals surface area (Å²) in [5.41, 5.74) is 0. The van der Waals surface area contributed by atoms with Crippen molar-refractivity contribution in [1.29, 1.82) is 0 Å². The number of carboxylic acid groups (broad SMARTS) is 3. The third-order valence-electron chi connectivity index (χ3n) is 11.7. The fourth-order valence-electron chi connectivity index (χ4n) is 7.77. The van der Waals surface area contributed by atoms with Crippen LogP contribution in [0, 0.1) is 58.6 Å². The molecule has 361 valence electrons. The van der Waals surface area contributed by atoms with Crippen LogP contribution in [0.1, 0.15) is 311 Å². The Labute approximate surface area is 414 Å². The predicted octanol–water partition coefficient (Wildman–Crippen LogP) is 14.6. The minimum absolute atomic E-state index is 0. The SMILES string of the molecule is CC(C)CCCCCCCCCCCCCCC(=O)[O-].CC(C)CCCCCCCCCCCCCCC(=O)[O-].CC(C)CCCCCCCCCCCCCCC(=O)[O-].[Nd+3]. The zero-order valence-corrected chi connectivity index (χ0v) is 45.1. The smallest absolute Gasteiger partial charge is 0.550 e. The maximum absolute atomic E-state index is 10.2. The minimum atomic E-state index is -0.904. The Morgan fingerprint density at radius 2 is 0.361 bits per heavy atom. The molecular weight excluding hydrogens is 889 g/mol. The summed E-state index contributed by atoms with van der Waals surface area (Å²) in [7, 11) is 0. The monoisotopic (exact) mass is 992 g/mol. The van der Waals surface area contributed by atoms with Gasteiger partial charge >= 0.3 is 40.8 Å². The second-order valence-electron chi connectivity index (χ2n) is 19.6. The fraction of sp³-hybridized carbons (Fsp3) is 0.944. The van der Waals surface area contributed by atoms with Crippen molar-refractivity contribution in [2.75, 3.05) is 0 Å². The van der Waals surface area contributed by atoms with Crippen molar-refractivity contribution >= 4 is 17.9 Å². The second-order valence-corrected chi connectivity index (χ2v) is 19.6. The summed E-state index contributed by atoms with van der Waals surface area (Å²) in [6.45, 7) is 13.8. The molecule has 0 bridgehead atoms. The van der Waals surface area contributed by atoms with Crippen molar-refractivity contribution < 1.29 is 70.5 Å². The molecule has 0 saturated heterocycles. The van der Waals surface area contributed by atoms with Gasteiger partial charge in [0.15, 0.2) is 0 Å². The van der Waals surface area contributed by atoms with E-state index in [0.717, 1.165) is 56.3 Å². The Hall–Kier alpha value is -0.239. The molecule has 7 heteroatoms. The number of hydrogen-bond donors (Lipinski definition) is 0. The van der Waals surface area contributed by atoms with Crippen LogP contribution in [0.5, 0.6) is 0 Å². The number of hydrogen-bond acceptors (Lipinski definition) is 6. The molecule has 0 aliphatic carbocycles. The molecule has 0 saturated carbocycles. The Balaban J connectivity index is -0.000000396. The normalized spacial score (nSPS) is 11.0. The first kappa shape index (κ1) is 67.4. The Kier molecular flexibility index (Phi) is 63.8. The molecule has 0 aromatic rings. The Morgan fingerprint density at radius 1 is 0.246 bits per heavy atom. The van der Waals surface area contributed by atoms with Crippen molar-refractivity contribution in [3.8, 4) is 0 Å². The molecule has 0 rings (SSSR count). The topological polar surface area (TPSA) is 120 Å². The molecule has 6 nitrogen and oxygen atoms in total. The van der Waals surface area contributed by atoms with Crippen LogP contribution in [0.25, 0.3) is 0 Å². The van der Waals surface area contributed by atoms with Gasteiger partial charge in [0.2, 0.25) is 0 Å². The number of rotatable bonds is 45. The number of aliphatic carboxylic acids is 3. The van der Waals surface area contributed by atoms with Crippen LogP contribution in [0.2, 0.25) is 0 Å². The molecular formula is C54H105NdO6. The largest absolute Gasteiger partial charge is 3.00 e. The van der Waals surface area contributed by atoms with Gasteiger partial charge in [-0.25, -0.2) is 0 Å². The summed E-state index contributed by atoms with van der Waals surface area (Å²) in [6, 6.07) is 0. The van der Waals surface area contributed by atoms with Gasteiger partial charge in [0.1, 0.15) is 0 Å². The van der Waals surface area contributed by atoms with Crippen LogP contribution < -0.4 is 15.3 Å². The van der Waals surface area contributed by atoms with Crippen molar-refractivity contribution in [2.24, 2.45) is 17.8 Å². The van der Waals surface area contributed by atoms with E-state index < -0.39 is 17.9 Å². The molecule has 0 aliphatic heterocycles. The molecule has 0 spiro atoms. The number of unbranched alkanes of at least 4 members (excludes halogenated alkanes) is 33. The molecule has 0 aromatic carbocycles. The summed E-state index contributed by atoms with van der Waals surface area (Å²) in [5, 5.41) is 30.7. The summed E-state index contributed by atoms with van der Waals surface area (Å²) in [5.74, 6) is -0.125. The van der Waals surface area contributed by atoms with Gasteiger partial charge in [0, 0.05) is 17.9 Å². The quantitative estimate of drug-likeness (QED) is 0.0560. The molecule has 0 atom stereocenters. The minimum Gasteiger partial charge on any atom is -0.550 e. The van der Waals surface area contributed by atoms with Crippen LogP contribution in [-0.4, -0.2) is 17.9 Å². The van der Waals surface area contributed by atoms with Crippen molar-refractivity contribution in [1.82, 2.24) is 0 Å². The number of carbonyl (C=O) groups is 3. The summed E-state index contributed by atoms with van der Waals surface area (Å²) in [6.07, 6.45) is 51.0. The molecule has 1 radical (unpaired) electrons. The van der Waals surface area contributed by atoms with Gasteiger partial charge < -0.3 is 29.7 Å². The first-order chi connectivity index (χ1) is 28.9. The molecule has 61 heavy (non-hydrogen) atoms. The van der Waals surface area contributed by atoms with E-state index in [4.69, 9.17) is 0 Å². The number of carbonyl (C=O) groups excluding carboxylic acids is 3. The zero-order valence-electron chi connectivity index (χ0n) is 41.9. The van der Waals surface area contributed by atoms with Crippen molar-refractivity contribution in [2.45, 2.75) is 311 Å². The van der Waals surface area contributed by atoms with Crippen LogP contribution in [0.15, 0.2) is 0 Å². The second kappa shape index (κ2) is 57.8. The average Bonchev–Trinajstić information content (AvgIpc) is 3.18. The average molecular weight is 995 g/mol. The Morgan fingerprint density at radius 3 is 0.475 bits per heavy atom. The van der Waals surface area contributed by atoms with E-state index in [0.29, 0.717) is 0 Å². The summed E-state index contributed by atoms with van der Waals surface area (Å²) < 4.78 is 0. The summed E-state index contributed by atoms with van der Waals surface area (Å²) in [4.78, 5) is 30.7. The molecule has 0 aromatic heterocycles. The van der Waals surface area contributed by atoms with E-state index in [1.54, 1.807) is 0 Å². The molecule has 0 amide bonds. The van der Waals surface area contributed by atoms with Gasteiger partial charge in [-0.05, 0) is 56.3 Å². The number of carboxylic acids is 3. The van der Waals surface area contributed by atoms with Crippen molar-refractivity contribution in [3.05, 3.63) is 0 Å². The van der Waals surface area contributed by atoms with E-state index >= 15 is 0 Å². The first-order valence-corrected chi connectivity index (χ1v) is 26.5. The van der Waals surface area contributed by atoms with Gasteiger partial charge in [0.25, 0.3) is 0 Å². The van der Waals surface area contributed by atoms with E-state index in [-0.39, 0.29) is 60.1 Å². The zero-order chi connectivity index (χ0) is 45.2. The first-order valence-electron chi connectivity index (χ1n) is 26.5. The molecule has 0 heterocycles. The Bertz CT molecular complexity index is 751. The maximum Gasteiger partial charge on any atom is 3.00 e. The predicted molar refractivity (Wildman–Crippen MR) is 253 cm³/mol. The van der Waals surface area contributed by atoms with Crippen molar-refractivity contribution in [3.63, 3.8) is 0 Å². The standard InChI is InChI=1S/3C18H36O2.Nd/c3*1-17(2)15-13-11-9-7-5-3-4-6-8-10-12-14-16-18(19)20;/h3*17H,3-16H2,1-2H3,(H,19,20);/q;;;+3/p-3. The van der Waals surface area contributed by atoms with Crippen LogP contribution in [0.3, 0.4) is 0 Å². The summed E-state index contributed by atoms with van der Waals surface area (Å²) >= 11 is 0. The third kappa shape index (κ3) is 77.4. The van der Waals surface area contributed by atoms with Crippen LogP contribution in [-0.2, 0) is 14.4 Å². The van der Waals surface area contributed by atoms with Gasteiger partial charge in [-0.3, -0.25) is 0 Å². The maximum atomic E-state index is 10.2. The van der Waals surface area contributed by atoms with Gasteiger partial charge in [-0.2, -0.15) is 0 Å². The fourth-order valence-corrected chi connectivity index (χ4v) is 7.77. The molecule has 0 N–H and O–H groups in total. The van der Waals surface area contributed by atoms with E-state index in [1.807, 2.05) is 0 Å². The van der Waals surface area contributed by atoms with Gasteiger partial charge in [-0.1, -0.05) is 273 Å². The van der Waals surface area contributed by atoms with E-state index in [1.165, 1.54) is 212 Å². The molecule has 0 fully saturated rings. The molecule has 0 aliphatic rings. The van der Waals surface area contributed by atoms with Crippen LogP contribution >= 0.6 is 0 Å².